The zero-order valence-electron chi connectivity index (χ0n) is 9.84. The Kier molecular flexibility index (Phi) is 4.60. The molecule has 0 aromatic heterocycles. The van der Waals surface area contributed by atoms with Gasteiger partial charge >= 0.3 is 6.09 Å². The Balaban J connectivity index is 2.60. The summed E-state index contributed by atoms with van der Waals surface area (Å²) in [6, 6.07) is 0. The maximum Gasteiger partial charge on any atom is 0.409 e. The molecule has 0 radical (unpaired) electrons. The number of alkyl carbamates (subject to hydrolysis) is 1. The minimum Gasteiger partial charge on any atom is -0.450 e. The van der Waals surface area contributed by atoms with E-state index in [1.165, 1.54) is 0 Å². The van der Waals surface area contributed by atoms with Gasteiger partial charge in [-0.2, -0.15) is 0 Å². The van der Waals surface area contributed by atoms with Crippen molar-refractivity contribution in [1.29, 1.82) is 0 Å². The van der Waals surface area contributed by atoms with Gasteiger partial charge in [0, 0.05) is 6.61 Å². The van der Waals surface area contributed by atoms with E-state index in [1.807, 2.05) is 0 Å². The summed E-state index contributed by atoms with van der Waals surface area (Å²) in [7, 11) is -1.10. The SMILES string of the molecule is CCOC(=O)NC1([SiH](C)C)CCCCO1. The highest BCUT2D eigenvalue weighted by Gasteiger charge is 2.38. The molecule has 1 rings (SSSR count). The highest BCUT2D eigenvalue weighted by atomic mass is 28.3. The first kappa shape index (κ1) is 12.5. The van der Waals surface area contributed by atoms with Crippen LogP contribution in [0.4, 0.5) is 4.79 Å². The number of nitrogens with one attached hydrogen (secondary N) is 1. The number of carbonyl (C=O) groups is 1. The van der Waals surface area contributed by atoms with Crippen LogP contribution in [0.25, 0.3) is 0 Å². The Morgan fingerprint density at radius 1 is 1.53 bits per heavy atom. The van der Waals surface area contributed by atoms with E-state index in [9.17, 15) is 4.79 Å². The van der Waals surface area contributed by atoms with Crippen molar-refractivity contribution in [3.8, 4) is 0 Å². The van der Waals surface area contributed by atoms with Crippen LogP contribution in [-0.2, 0) is 9.47 Å². The van der Waals surface area contributed by atoms with Gasteiger partial charge in [0.05, 0.1) is 15.4 Å². The van der Waals surface area contributed by atoms with Crippen LogP contribution in [0, 0.1) is 0 Å². The Hall–Kier alpha value is -0.553. The summed E-state index contributed by atoms with van der Waals surface area (Å²) in [5, 5.41) is 2.53. The van der Waals surface area contributed by atoms with Crippen molar-refractivity contribution >= 4 is 14.9 Å². The van der Waals surface area contributed by atoms with E-state index in [0.717, 1.165) is 25.9 Å². The van der Waals surface area contributed by atoms with Crippen LogP contribution >= 0.6 is 0 Å². The number of hydrogen-bond donors (Lipinski definition) is 1. The number of hydrogen-bond acceptors (Lipinski definition) is 3. The average Bonchev–Trinajstić information content (AvgIpc) is 2.19. The van der Waals surface area contributed by atoms with Crippen molar-refractivity contribution in [2.45, 2.75) is 44.6 Å². The zero-order chi connectivity index (χ0) is 11.3. The highest BCUT2D eigenvalue weighted by molar-refractivity contribution is 6.59. The van der Waals surface area contributed by atoms with E-state index in [2.05, 4.69) is 18.4 Å². The first-order valence-electron chi connectivity index (χ1n) is 5.69. The summed E-state index contributed by atoms with van der Waals surface area (Å²) in [4.78, 5) is 11.4. The van der Waals surface area contributed by atoms with Gasteiger partial charge in [0.25, 0.3) is 0 Å². The second-order valence-electron chi connectivity index (χ2n) is 4.20. The lowest BCUT2D eigenvalue weighted by Crippen LogP contribution is -2.60. The number of carbonyl (C=O) groups excluding carboxylic acids is 1. The van der Waals surface area contributed by atoms with Crippen LogP contribution in [0.3, 0.4) is 0 Å². The predicted octanol–water partition coefficient (Wildman–Crippen LogP) is 1.66. The molecule has 1 heterocycles. The molecule has 0 bridgehead atoms. The Morgan fingerprint density at radius 3 is 2.73 bits per heavy atom. The molecule has 0 spiro atoms. The van der Waals surface area contributed by atoms with E-state index in [-0.39, 0.29) is 11.4 Å². The molecule has 5 heteroatoms. The van der Waals surface area contributed by atoms with E-state index in [4.69, 9.17) is 9.47 Å². The Bertz CT molecular complexity index is 215. The number of ether oxygens (including phenoxy) is 2. The van der Waals surface area contributed by atoms with Gasteiger partial charge in [-0.1, -0.05) is 13.1 Å². The molecule has 0 saturated carbocycles. The van der Waals surface area contributed by atoms with Crippen LogP contribution in [0.2, 0.25) is 13.1 Å². The fourth-order valence-corrected chi connectivity index (χ4v) is 3.49. The van der Waals surface area contributed by atoms with E-state index < -0.39 is 8.80 Å². The smallest absolute Gasteiger partial charge is 0.409 e. The van der Waals surface area contributed by atoms with E-state index in [0.29, 0.717) is 6.61 Å². The molecule has 15 heavy (non-hydrogen) atoms. The average molecular weight is 231 g/mol. The lowest BCUT2D eigenvalue weighted by atomic mass is 10.2. The van der Waals surface area contributed by atoms with Crippen LogP contribution in [0.15, 0.2) is 0 Å². The summed E-state index contributed by atoms with van der Waals surface area (Å²) in [6.07, 6.45) is 2.79. The molecule has 0 aromatic carbocycles. The van der Waals surface area contributed by atoms with Crippen LogP contribution in [0.1, 0.15) is 26.2 Å². The fourth-order valence-electron chi connectivity index (χ4n) is 1.85. The van der Waals surface area contributed by atoms with Gasteiger partial charge in [-0.15, -0.1) is 0 Å². The van der Waals surface area contributed by atoms with Gasteiger partial charge in [-0.25, -0.2) is 4.79 Å². The molecule has 1 saturated heterocycles. The monoisotopic (exact) mass is 231 g/mol. The van der Waals surface area contributed by atoms with Crippen LogP contribution in [-0.4, -0.2) is 33.5 Å². The summed E-state index contributed by atoms with van der Waals surface area (Å²) in [5.41, 5.74) is 0. The first-order valence-corrected chi connectivity index (χ1v) is 8.58. The molecular weight excluding hydrogens is 210 g/mol. The molecule has 0 aliphatic carbocycles. The first-order chi connectivity index (χ1) is 7.10. The van der Waals surface area contributed by atoms with Gasteiger partial charge in [0.15, 0.2) is 0 Å². The maximum absolute atomic E-state index is 11.4. The lowest BCUT2D eigenvalue weighted by Gasteiger charge is -2.40. The van der Waals surface area contributed by atoms with Crippen molar-refractivity contribution < 1.29 is 14.3 Å². The Labute approximate surface area is 92.9 Å². The third kappa shape index (κ3) is 3.20. The standard InChI is InChI=1S/C10H21NO3Si/c1-4-13-9(12)11-10(15(2)3)7-5-6-8-14-10/h15H,4-8H2,1-3H3,(H,11,12). The topological polar surface area (TPSA) is 47.6 Å². The van der Waals surface area contributed by atoms with Gasteiger partial charge < -0.3 is 9.47 Å². The summed E-state index contributed by atoms with van der Waals surface area (Å²) in [5.74, 6) is 0. The predicted molar refractivity (Wildman–Crippen MR) is 61.6 cm³/mol. The summed E-state index contributed by atoms with van der Waals surface area (Å²) >= 11 is 0. The third-order valence-corrected chi connectivity index (χ3v) is 5.29. The molecule has 88 valence electrons. The number of rotatable bonds is 3. The normalized spacial score (nSPS) is 26.4. The molecule has 1 amide bonds. The molecule has 1 N–H and O–H groups in total. The number of amides is 1. The van der Waals surface area contributed by atoms with Gasteiger partial charge in [0.1, 0.15) is 5.35 Å². The minimum atomic E-state index is -1.10. The maximum atomic E-state index is 11.4. The van der Waals surface area contributed by atoms with Gasteiger partial charge in [-0.3, -0.25) is 5.32 Å². The van der Waals surface area contributed by atoms with Crippen molar-refractivity contribution in [3.63, 3.8) is 0 Å². The molecule has 0 aromatic rings. The van der Waals surface area contributed by atoms with Crippen molar-refractivity contribution in [3.05, 3.63) is 0 Å². The summed E-state index contributed by atoms with van der Waals surface area (Å²) < 4.78 is 10.7. The van der Waals surface area contributed by atoms with Crippen LogP contribution in [0.5, 0.6) is 0 Å². The molecule has 1 fully saturated rings. The fraction of sp³-hybridized carbons (Fsp3) is 0.900. The quantitative estimate of drug-likeness (QED) is 0.751. The largest absolute Gasteiger partial charge is 0.450 e. The highest BCUT2D eigenvalue weighted by Crippen LogP contribution is 2.25. The van der Waals surface area contributed by atoms with Crippen molar-refractivity contribution in [2.24, 2.45) is 0 Å². The van der Waals surface area contributed by atoms with Gasteiger partial charge in [-0.05, 0) is 26.2 Å². The van der Waals surface area contributed by atoms with Gasteiger partial charge in [0.2, 0.25) is 0 Å². The van der Waals surface area contributed by atoms with Crippen LogP contribution < -0.4 is 5.32 Å². The molecule has 1 unspecified atom stereocenters. The Morgan fingerprint density at radius 2 is 2.27 bits per heavy atom. The third-order valence-electron chi connectivity index (χ3n) is 2.82. The minimum absolute atomic E-state index is 0.347. The molecular formula is C10H21NO3Si. The second-order valence-corrected chi connectivity index (χ2v) is 7.44. The lowest BCUT2D eigenvalue weighted by molar-refractivity contribution is -0.0428. The molecule has 1 aliphatic rings. The van der Waals surface area contributed by atoms with Crippen molar-refractivity contribution in [2.75, 3.05) is 13.2 Å². The zero-order valence-corrected chi connectivity index (χ0v) is 11.0. The molecule has 1 atom stereocenters. The molecule has 4 nitrogen and oxygen atoms in total. The second kappa shape index (κ2) is 5.51. The van der Waals surface area contributed by atoms with E-state index >= 15 is 0 Å². The van der Waals surface area contributed by atoms with Crippen molar-refractivity contribution in [1.82, 2.24) is 5.32 Å². The molecule has 1 aliphatic heterocycles. The summed E-state index contributed by atoms with van der Waals surface area (Å²) in [6.45, 7) is 7.34. The van der Waals surface area contributed by atoms with E-state index in [1.54, 1.807) is 6.92 Å².